The molecule has 6 heteroatoms. The lowest BCUT2D eigenvalue weighted by Gasteiger charge is -2.19. The SMILES string of the molecule is O=C(C[NH+]1CCC[C@@H]1c1nc2ccccc2s1)NCc1ccc(Cl)cc1. The molecule has 4 rings (SSSR count). The number of rotatable bonds is 5. The molecular weight excluding hydrogens is 366 g/mol. The number of hydrogen-bond donors (Lipinski definition) is 2. The predicted molar refractivity (Wildman–Crippen MR) is 106 cm³/mol. The number of fused-ring (bicyclic) bond motifs is 1. The van der Waals surface area contributed by atoms with Gasteiger partial charge in [0, 0.05) is 24.4 Å². The zero-order chi connectivity index (χ0) is 17.9. The summed E-state index contributed by atoms with van der Waals surface area (Å²) in [4.78, 5) is 18.5. The van der Waals surface area contributed by atoms with E-state index in [0.717, 1.165) is 35.5 Å². The van der Waals surface area contributed by atoms with E-state index in [0.29, 0.717) is 24.2 Å². The molecule has 3 aromatic rings. The molecule has 2 atom stereocenters. The van der Waals surface area contributed by atoms with Gasteiger partial charge in [-0.1, -0.05) is 35.9 Å². The molecule has 0 bridgehead atoms. The Balaban J connectivity index is 1.38. The first-order valence-electron chi connectivity index (χ1n) is 8.90. The Hall–Kier alpha value is -1.95. The summed E-state index contributed by atoms with van der Waals surface area (Å²) < 4.78 is 1.22. The van der Waals surface area contributed by atoms with Crippen LogP contribution in [0.25, 0.3) is 10.2 Å². The molecule has 1 unspecified atom stereocenters. The van der Waals surface area contributed by atoms with Gasteiger partial charge in [0.05, 0.1) is 16.8 Å². The summed E-state index contributed by atoms with van der Waals surface area (Å²) in [5.41, 5.74) is 2.12. The third-order valence-corrected chi connectivity index (χ3v) is 6.28. The highest BCUT2D eigenvalue weighted by Gasteiger charge is 2.33. The molecule has 0 radical (unpaired) electrons. The highest BCUT2D eigenvalue weighted by molar-refractivity contribution is 7.18. The van der Waals surface area contributed by atoms with Gasteiger partial charge in [-0.2, -0.15) is 0 Å². The second-order valence-electron chi connectivity index (χ2n) is 6.70. The quantitative estimate of drug-likeness (QED) is 0.708. The van der Waals surface area contributed by atoms with Crippen molar-refractivity contribution < 1.29 is 9.69 Å². The van der Waals surface area contributed by atoms with Gasteiger partial charge in [-0.3, -0.25) is 4.79 Å². The number of benzene rings is 2. The van der Waals surface area contributed by atoms with Gasteiger partial charge in [-0.15, -0.1) is 11.3 Å². The summed E-state index contributed by atoms with van der Waals surface area (Å²) in [7, 11) is 0. The van der Waals surface area contributed by atoms with Crippen molar-refractivity contribution in [3.63, 3.8) is 0 Å². The fraction of sp³-hybridized carbons (Fsp3) is 0.300. The van der Waals surface area contributed by atoms with Crippen molar-refractivity contribution >= 4 is 39.1 Å². The fourth-order valence-corrected chi connectivity index (χ4v) is 4.82. The van der Waals surface area contributed by atoms with E-state index in [-0.39, 0.29) is 5.91 Å². The minimum Gasteiger partial charge on any atom is -0.347 e. The zero-order valence-corrected chi connectivity index (χ0v) is 15.9. The van der Waals surface area contributed by atoms with Crippen LogP contribution < -0.4 is 10.2 Å². The largest absolute Gasteiger partial charge is 0.347 e. The number of hydrogen-bond acceptors (Lipinski definition) is 3. The first kappa shape index (κ1) is 17.5. The smallest absolute Gasteiger partial charge is 0.275 e. The van der Waals surface area contributed by atoms with Crippen LogP contribution in [0.4, 0.5) is 0 Å². The molecule has 1 saturated heterocycles. The van der Waals surface area contributed by atoms with Crippen LogP contribution in [0.15, 0.2) is 48.5 Å². The number of carbonyl (C=O) groups is 1. The maximum Gasteiger partial charge on any atom is 0.275 e. The molecule has 1 aromatic heterocycles. The van der Waals surface area contributed by atoms with Crippen molar-refractivity contribution in [1.82, 2.24) is 10.3 Å². The van der Waals surface area contributed by atoms with Crippen molar-refractivity contribution in [2.75, 3.05) is 13.1 Å². The molecule has 2 heterocycles. The van der Waals surface area contributed by atoms with Crippen LogP contribution in [0, 0.1) is 0 Å². The van der Waals surface area contributed by atoms with Gasteiger partial charge in [0.1, 0.15) is 6.04 Å². The zero-order valence-electron chi connectivity index (χ0n) is 14.4. The van der Waals surface area contributed by atoms with Crippen LogP contribution in [-0.4, -0.2) is 24.0 Å². The van der Waals surface area contributed by atoms with E-state index in [1.54, 1.807) is 11.3 Å². The molecule has 2 aromatic carbocycles. The minimum absolute atomic E-state index is 0.0861. The molecule has 2 N–H and O–H groups in total. The second-order valence-corrected chi connectivity index (χ2v) is 8.20. The Labute approximate surface area is 161 Å². The van der Waals surface area contributed by atoms with Gasteiger partial charge >= 0.3 is 0 Å². The lowest BCUT2D eigenvalue weighted by molar-refractivity contribution is -0.910. The molecular formula is C20H21ClN3OS+. The van der Waals surface area contributed by atoms with Crippen LogP contribution in [0.5, 0.6) is 0 Å². The molecule has 0 aliphatic carbocycles. The number of para-hydroxylation sites is 1. The summed E-state index contributed by atoms with van der Waals surface area (Å²) in [5, 5.41) is 4.89. The summed E-state index contributed by atoms with van der Waals surface area (Å²) in [6, 6.07) is 16.1. The first-order valence-corrected chi connectivity index (χ1v) is 10.1. The van der Waals surface area contributed by atoms with E-state index in [2.05, 4.69) is 17.4 Å². The molecule has 26 heavy (non-hydrogen) atoms. The number of likely N-dealkylation sites (tertiary alicyclic amines) is 1. The van der Waals surface area contributed by atoms with Crippen LogP contribution >= 0.6 is 22.9 Å². The van der Waals surface area contributed by atoms with Gasteiger partial charge in [-0.25, -0.2) is 4.98 Å². The lowest BCUT2D eigenvalue weighted by Crippen LogP contribution is -3.11. The van der Waals surface area contributed by atoms with Gasteiger partial charge in [-0.05, 0) is 29.8 Å². The van der Waals surface area contributed by atoms with Crippen molar-refractivity contribution in [2.24, 2.45) is 0 Å². The normalized spacial score (nSPS) is 19.7. The number of carbonyl (C=O) groups excluding carboxylic acids is 1. The van der Waals surface area contributed by atoms with E-state index in [1.165, 1.54) is 9.60 Å². The standard InChI is InChI=1S/C20H20ClN3OS/c21-15-9-7-14(8-10-15)12-22-19(25)13-24-11-3-5-17(24)20-23-16-4-1-2-6-18(16)26-20/h1-2,4,6-10,17H,3,5,11-13H2,(H,22,25)/p+1/t17-/m1/s1. The molecule has 0 saturated carbocycles. The maximum absolute atomic E-state index is 12.4. The van der Waals surface area contributed by atoms with Gasteiger partial charge in [0.2, 0.25) is 0 Å². The van der Waals surface area contributed by atoms with Crippen molar-refractivity contribution in [3.8, 4) is 0 Å². The Bertz CT molecular complexity index is 876. The third kappa shape index (κ3) is 3.90. The van der Waals surface area contributed by atoms with E-state index < -0.39 is 0 Å². The number of aromatic nitrogens is 1. The lowest BCUT2D eigenvalue weighted by atomic mass is 10.2. The number of nitrogens with one attached hydrogen (secondary N) is 2. The average Bonchev–Trinajstić information content (AvgIpc) is 3.27. The summed E-state index contributed by atoms with van der Waals surface area (Å²) in [5.74, 6) is 0.0861. The molecule has 1 aliphatic heterocycles. The van der Waals surface area contributed by atoms with Crippen molar-refractivity contribution in [3.05, 3.63) is 64.1 Å². The Kier molecular flexibility index (Phi) is 5.20. The topological polar surface area (TPSA) is 46.4 Å². The highest BCUT2D eigenvalue weighted by atomic mass is 35.5. The molecule has 1 amide bonds. The van der Waals surface area contributed by atoms with Gasteiger partial charge in [0.25, 0.3) is 5.91 Å². The van der Waals surface area contributed by atoms with Gasteiger partial charge in [0.15, 0.2) is 11.6 Å². The van der Waals surface area contributed by atoms with Crippen LogP contribution in [0.2, 0.25) is 5.02 Å². The third-order valence-electron chi connectivity index (χ3n) is 4.88. The Morgan fingerprint density at radius 3 is 2.85 bits per heavy atom. The highest BCUT2D eigenvalue weighted by Crippen LogP contribution is 2.28. The molecule has 4 nitrogen and oxygen atoms in total. The summed E-state index contributed by atoms with van der Waals surface area (Å²) in [6.45, 7) is 2.05. The second kappa shape index (κ2) is 7.74. The van der Waals surface area contributed by atoms with Crippen molar-refractivity contribution in [2.45, 2.75) is 25.4 Å². The molecule has 1 fully saturated rings. The number of quaternary nitrogens is 1. The number of nitrogens with zero attached hydrogens (tertiary/aromatic N) is 1. The summed E-state index contributed by atoms with van der Waals surface area (Å²) in [6.07, 6.45) is 2.24. The predicted octanol–water partition coefficient (Wildman–Crippen LogP) is 2.99. The van der Waals surface area contributed by atoms with Crippen LogP contribution in [0.1, 0.15) is 29.5 Å². The number of amides is 1. The van der Waals surface area contributed by atoms with Crippen LogP contribution in [-0.2, 0) is 11.3 Å². The van der Waals surface area contributed by atoms with E-state index >= 15 is 0 Å². The van der Waals surface area contributed by atoms with E-state index in [1.807, 2.05) is 36.4 Å². The number of thiazole rings is 1. The molecule has 0 spiro atoms. The summed E-state index contributed by atoms with van der Waals surface area (Å²) >= 11 is 7.66. The van der Waals surface area contributed by atoms with Gasteiger partial charge < -0.3 is 10.2 Å². The maximum atomic E-state index is 12.4. The van der Waals surface area contributed by atoms with E-state index in [9.17, 15) is 4.79 Å². The van der Waals surface area contributed by atoms with Crippen LogP contribution in [0.3, 0.4) is 0 Å². The Morgan fingerprint density at radius 1 is 1.23 bits per heavy atom. The molecule has 1 aliphatic rings. The number of halogens is 1. The van der Waals surface area contributed by atoms with Crippen molar-refractivity contribution in [1.29, 1.82) is 0 Å². The minimum atomic E-state index is 0.0861. The fourth-order valence-electron chi connectivity index (χ4n) is 3.53. The Morgan fingerprint density at radius 2 is 2.04 bits per heavy atom. The average molecular weight is 387 g/mol. The van der Waals surface area contributed by atoms with E-state index in [4.69, 9.17) is 16.6 Å². The monoisotopic (exact) mass is 386 g/mol. The first-order chi connectivity index (χ1) is 12.7. The molecule has 134 valence electrons.